The Labute approximate surface area is 123 Å². The van der Waals surface area contributed by atoms with Crippen LogP contribution in [0.1, 0.15) is 16.2 Å². The summed E-state index contributed by atoms with van der Waals surface area (Å²) in [5, 5.41) is 7.21. The highest BCUT2D eigenvalue weighted by Crippen LogP contribution is 2.14. The number of rotatable bonds is 4. The molecule has 0 spiro atoms. The van der Waals surface area contributed by atoms with E-state index in [-0.39, 0.29) is 5.91 Å². The van der Waals surface area contributed by atoms with E-state index in [2.05, 4.69) is 31.3 Å². The quantitative estimate of drug-likeness (QED) is 0.913. The van der Waals surface area contributed by atoms with Crippen LogP contribution in [0.3, 0.4) is 0 Å². The van der Waals surface area contributed by atoms with Crippen LogP contribution in [0.4, 0.5) is 0 Å². The van der Waals surface area contributed by atoms with Crippen molar-refractivity contribution in [1.82, 2.24) is 24.6 Å². The first-order chi connectivity index (χ1) is 8.99. The molecule has 8 heteroatoms. The normalized spacial score (nSPS) is 10.7. The number of nitrogens with one attached hydrogen (secondary N) is 1. The smallest absolute Gasteiger partial charge is 0.271 e. The van der Waals surface area contributed by atoms with E-state index >= 15 is 0 Å². The Morgan fingerprint density at radius 2 is 2.26 bits per heavy atom. The fourth-order valence-corrected chi connectivity index (χ4v) is 2.11. The van der Waals surface area contributed by atoms with Crippen molar-refractivity contribution in [3.8, 4) is 0 Å². The molecule has 0 aliphatic rings. The highest BCUT2D eigenvalue weighted by Gasteiger charge is 2.12. The van der Waals surface area contributed by atoms with E-state index in [0.717, 1.165) is 10.3 Å². The van der Waals surface area contributed by atoms with Crippen molar-refractivity contribution in [2.24, 2.45) is 14.1 Å². The Hall–Kier alpha value is -1.34. The number of imidazole rings is 1. The van der Waals surface area contributed by atoms with Gasteiger partial charge in [-0.3, -0.25) is 9.48 Å². The Bertz CT molecular complexity index is 587. The molecular weight excluding hydrogens is 334 g/mol. The van der Waals surface area contributed by atoms with Crippen molar-refractivity contribution in [2.45, 2.75) is 6.42 Å². The van der Waals surface area contributed by atoms with Gasteiger partial charge in [-0.15, -0.1) is 0 Å². The minimum absolute atomic E-state index is 0.241. The Balaban J connectivity index is 1.89. The zero-order valence-corrected chi connectivity index (χ0v) is 12.9. The van der Waals surface area contributed by atoms with Gasteiger partial charge in [0.05, 0.1) is 12.0 Å². The van der Waals surface area contributed by atoms with E-state index in [9.17, 15) is 4.79 Å². The first-order valence-corrected chi connectivity index (χ1v) is 6.79. The molecule has 102 valence electrons. The summed E-state index contributed by atoms with van der Waals surface area (Å²) in [4.78, 5) is 16.0. The molecule has 1 N–H and O–H groups in total. The Morgan fingerprint density at radius 1 is 1.53 bits per heavy atom. The third-order valence-corrected chi connectivity index (χ3v) is 4.01. The lowest BCUT2D eigenvalue weighted by molar-refractivity contribution is 0.0948. The predicted molar refractivity (Wildman–Crippen MR) is 75.2 cm³/mol. The standard InChI is InChI=1S/C11H13BrClN5O/c1-17-6-15-7(10(17)12)3-4-14-11(19)8-5-9(13)18(2)16-8/h5-6H,3-4H2,1-2H3,(H,14,19). The average molecular weight is 347 g/mol. The molecule has 0 bridgehead atoms. The molecule has 0 fully saturated rings. The molecule has 0 atom stereocenters. The molecule has 2 aromatic heterocycles. The third kappa shape index (κ3) is 3.16. The van der Waals surface area contributed by atoms with Crippen molar-refractivity contribution in [3.63, 3.8) is 0 Å². The number of nitrogens with zero attached hydrogens (tertiary/aromatic N) is 4. The summed E-state index contributed by atoms with van der Waals surface area (Å²) in [7, 11) is 3.58. The number of amides is 1. The lowest BCUT2D eigenvalue weighted by Gasteiger charge is -2.02. The molecule has 6 nitrogen and oxygen atoms in total. The first-order valence-electron chi connectivity index (χ1n) is 5.62. The van der Waals surface area contributed by atoms with E-state index in [1.807, 2.05) is 11.6 Å². The summed E-state index contributed by atoms with van der Waals surface area (Å²) in [6.45, 7) is 0.489. The van der Waals surface area contributed by atoms with Gasteiger partial charge >= 0.3 is 0 Å². The van der Waals surface area contributed by atoms with Gasteiger partial charge < -0.3 is 9.88 Å². The summed E-state index contributed by atoms with van der Waals surface area (Å²) in [6, 6.07) is 1.54. The van der Waals surface area contributed by atoms with Crippen molar-refractivity contribution in [3.05, 3.63) is 33.5 Å². The van der Waals surface area contributed by atoms with Gasteiger partial charge in [-0.05, 0) is 15.9 Å². The van der Waals surface area contributed by atoms with Crippen LogP contribution in [0.5, 0.6) is 0 Å². The molecule has 0 unspecified atom stereocenters. The second-order valence-electron chi connectivity index (χ2n) is 4.07. The van der Waals surface area contributed by atoms with Gasteiger partial charge in [0.15, 0.2) is 5.69 Å². The molecule has 19 heavy (non-hydrogen) atoms. The number of hydrogen-bond acceptors (Lipinski definition) is 3. The summed E-state index contributed by atoms with van der Waals surface area (Å²) in [5.74, 6) is -0.241. The van der Waals surface area contributed by atoms with Gasteiger partial charge in [-0.1, -0.05) is 11.6 Å². The van der Waals surface area contributed by atoms with Crippen LogP contribution in [-0.4, -0.2) is 31.8 Å². The highest BCUT2D eigenvalue weighted by molar-refractivity contribution is 9.10. The van der Waals surface area contributed by atoms with E-state index in [1.54, 1.807) is 13.4 Å². The van der Waals surface area contributed by atoms with Crippen LogP contribution in [0.2, 0.25) is 5.15 Å². The molecule has 0 aliphatic heterocycles. The van der Waals surface area contributed by atoms with Gasteiger partial charge in [0.2, 0.25) is 0 Å². The van der Waals surface area contributed by atoms with Crippen LogP contribution >= 0.6 is 27.5 Å². The van der Waals surface area contributed by atoms with Gasteiger partial charge in [-0.25, -0.2) is 4.98 Å². The molecule has 2 rings (SSSR count). The monoisotopic (exact) mass is 345 g/mol. The second kappa shape index (κ2) is 5.75. The van der Waals surface area contributed by atoms with Crippen LogP contribution < -0.4 is 5.32 Å². The molecule has 0 saturated heterocycles. The fourth-order valence-electron chi connectivity index (χ4n) is 1.57. The maximum atomic E-state index is 11.8. The molecule has 0 aliphatic carbocycles. The van der Waals surface area contributed by atoms with E-state index < -0.39 is 0 Å². The average Bonchev–Trinajstić information content (AvgIpc) is 2.86. The van der Waals surface area contributed by atoms with E-state index in [4.69, 9.17) is 11.6 Å². The van der Waals surface area contributed by atoms with E-state index in [1.165, 1.54) is 10.7 Å². The maximum absolute atomic E-state index is 11.8. The SMILES string of the molecule is Cn1cnc(CCNC(=O)c2cc(Cl)n(C)n2)c1Br. The highest BCUT2D eigenvalue weighted by atomic mass is 79.9. The van der Waals surface area contributed by atoms with Gasteiger partial charge in [-0.2, -0.15) is 5.10 Å². The third-order valence-electron chi connectivity index (χ3n) is 2.64. The van der Waals surface area contributed by atoms with Crippen molar-refractivity contribution >= 4 is 33.4 Å². The Kier molecular flexibility index (Phi) is 4.26. The number of carbonyl (C=O) groups is 1. The molecule has 0 saturated carbocycles. The number of halogens is 2. The summed E-state index contributed by atoms with van der Waals surface area (Å²) in [6.07, 6.45) is 2.37. The molecule has 2 aromatic rings. The minimum atomic E-state index is -0.241. The number of hydrogen-bond donors (Lipinski definition) is 1. The number of aryl methyl sites for hydroxylation is 2. The zero-order chi connectivity index (χ0) is 14.0. The van der Waals surface area contributed by atoms with Gasteiger partial charge in [0.1, 0.15) is 9.76 Å². The minimum Gasteiger partial charge on any atom is -0.350 e. The predicted octanol–water partition coefficient (Wildman–Crippen LogP) is 1.54. The lowest BCUT2D eigenvalue weighted by Crippen LogP contribution is -2.26. The van der Waals surface area contributed by atoms with Gasteiger partial charge in [0.25, 0.3) is 5.91 Å². The molecule has 2 heterocycles. The van der Waals surface area contributed by atoms with E-state index in [0.29, 0.717) is 23.8 Å². The number of carbonyl (C=O) groups excluding carboxylic acids is 1. The van der Waals surface area contributed by atoms with Crippen molar-refractivity contribution < 1.29 is 4.79 Å². The van der Waals surface area contributed by atoms with Gasteiger partial charge in [0, 0.05) is 33.1 Å². The second-order valence-corrected chi connectivity index (χ2v) is 5.21. The van der Waals surface area contributed by atoms with Crippen molar-refractivity contribution in [1.29, 1.82) is 0 Å². The number of aromatic nitrogens is 4. The summed E-state index contributed by atoms with van der Waals surface area (Å²) < 4.78 is 4.24. The lowest BCUT2D eigenvalue weighted by atomic mass is 10.3. The molecule has 1 amide bonds. The van der Waals surface area contributed by atoms with Crippen LogP contribution in [0.15, 0.2) is 17.0 Å². The molecular formula is C11H13BrClN5O. The first kappa shape index (κ1) is 14.1. The zero-order valence-electron chi connectivity index (χ0n) is 10.5. The largest absolute Gasteiger partial charge is 0.350 e. The van der Waals surface area contributed by atoms with Crippen LogP contribution in [0.25, 0.3) is 0 Å². The van der Waals surface area contributed by atoms with Crippen LogP contribution in [-0.2, 0) is 20.5 Å². The summed E-state index contributed by atoms with van der Waals surface area (Å²) in [5.41, 5.74) is 1.22. The molecule has 0 aromatic carbocycles. The fraction of sp³-hybridized carbons (Fsp3) is 0.364. The van der Waals surface area contributed by atoms with Crippen molar-refractivity contribution in [2.75, 3.05) is 6.54 Å². The van der Waals surface area contributed by atoms with Crippen LogP contribution in [0, 0.1) is 0 Å². The summed E-state index contributed by atoms with van der Waals surface area (Å²) >= 11 is 9.26. The molecule has 0 radical (unpaired) electrons. The topological polar surface area (TPSA) is 64.7 Å². The maximum Gasteiger partial charge on any atom is 0.271 e. The Morgan fingerprint density at radius 3 is 2.79 bits per heavy atom.